The average molecular weight is 320 g/mol. The van der Waals surface area contributed by atoms with Crippen LogP contribution in [0.3, 0.4) is 0 Å². The summed E-state index contributed by atoms with van der Waals surface area (Å²) in [6, 6.07) is 4.06. The van der Waals surface area contributed by atoms with Crippen molar-refractivity contribution in [3.05, 3.63) is 23.2 Å². The van der Waals surface area contributed by atoms with E-state index < -0.39 is 10.0 Å². The van der Waals surface area contributed by atoms with E-state index in [9.17, 15) is 13.2 Å². The van der Waals surface area contributed by atoms with Gasteiger partial charge in [-0.2, -0.15) is 4.31 Å². The van der Waals surface area contributed by atoms with E-state index in [2.05, 4.69) is 5.32 Å². The third kappa shape index (κ3) is 4.09. The van der Waals surface area contributed by atoms with Crippen molar-refractivity contribution in [3.8, 4) is 0 Å². The van der Waals surface area contributed by atoms with Gasteiger partial charge in [0.2, 0.25) is 15.9 Å². The summed E-state index contributed by atoms with van der Waals surface area (Å²) < 4.78 is 25.6. The molecule has 1 amide bonds. The van der Waals surface area contributed by atoms with Crippen molar-refractivity contribution >= 4 is 33.2 Å². The number of carbonyl (C=O) groups is 1. The lowest BCUT2D eigenvalue weighted by Crippen LogP contribution is -2.40. The van der Waals surface area contributed by atoms with Crippen molar-refractivity contribution < 1.29 is 13.2 Å². The molecule has 1 aromatic rings. The highest BCUT2D eigenvalue weighted by Gasteiger charge is 2.25. The Bertz CT molecular complexity index is 602. The first-order chi connectivity index (χ1) is 9.14. The van der Waals surface area contributed by atoms with E-state index in [4.69, 9.17) is 17.3 Å². The Hall–Kier alpha value is -1.31. The molecule has 6 nitrogen and oxygen atoms in total. The first-order valence-corrected chi connectivity index (χ1v) is 7.77. The Balaban J connectivity index is 2.95. The molecule has 0 heterocycles. The van der Waals surface area contributed by atoms with Crippen molar-refractivity contribution in [2.75, 3.05) is 19.3 Å². The van der Waals surface area contributed by atoms with E-state index in [1.807, 2.05) is 0 Å². The number of benzene rings is 1. The maximum Gasteiger partial charge on any atom is 0.245 e. The molecule has 0 saturated heterocycles. The minimum absolute atomic E-state index is 0.0496. The van der Waals surface area contributed by atoms with E-state index in [0.29, 0.717) is 5.02 Å². The lowest BCUT2D eigenvalue weighted by molar-refractivity contribution is -0.121. The van der Waals surface area contributed by atoms with Gasteiger partial charge in [0.05, 0.1) is 12.2 Å². The maximum absolute atomic E-state index is 12.3. The quantitative estimate of drug-likeness (QED) is 0.794. The summed E-state index contributed by atoms with van der Waals surface area (Å²) in [4.78, 5) is 11.5. The average Bonchev–Trinajstić information content (AvgIpc) is 2.26. The Morgan fingerprint density at radius 2 is 2.05 bits per heavy atom. The van der Waals surface area contributed by atoms with Gasteiger partial charge in [-0.25, -0.2) is 8.42 Å². The molecule has 0 atom stereocenters. The van der Waals surface area contributed by atoms with Gasteiger partial charge in [-0.15, -0.1) is 0 Å². The standard InChI is InChI=1S/C12H18ClN3O3S/c1-8(2)15-12(17)7-16(3)20(18,19)11-5-4-9(13)6-10(11)14/h4-6,8H,7,14H2,1-3H3,(H,15,17). The largest absolute Gasteiger partial charge is 0.398 e. The molecule has 1 aromatic carbocycles. The number of sulfonamides is 1. The van der Waals surface area contributed by atoms with Gasteiger partial charge in [0.25, 0.3) is 0 Å². The van der Waals surface area contributed by atoms with Gasteiger partial charge in [0.1, 0.15) is 4.90 Å². The zero-order valence-electron chi connectivity index (χ0n) is 11.6. The second-order valence-electron chi connectivity index (χ2n) is 4.67. The first-order valence-electron chi connectivity index (χ1n) is 5.95. The fourth-order valence-corrected chi connectivity index (χ4v) is 2.98. The maximum atomic E-state index is 12.3. The number of anilines is 1. The van der Waals surface area contributed by atoms with Crippen molar-refractivity contribution in [3.63, 3.8) is 0 Å². The fourth-order valence-electron chi connectivity index (χ4n) is 1.58. The van der Waals surface area contributed by atoms with Gasteiger partial charge in [-0.05, 0) is 32.0 Å². The zero-order chi connectivity index (χ0) is 15.5. The molecule has 0 aliphatic carbocycles. The molecule has 0 unspecified atom stereocenters. The van der Waals surface area contributed by atoms with Crippen molar-refractivity contribution in [1.29, 1.82) is 0 Å². The number of hydrogen-bond acceptors (Lipinski definition) is 4. The van der Waals surface area contributed by atoms with Crippen LogP contribution in [0.1, 0.15) is 13.8 Å². The summed E-state index contributed by atoms with van der Waals surface area (Å²) in [6.45, 7) is 3.32. The molecule has 0 saturated carbocycles. The number of carbonyl (C=O) groups excluding carboxylic acids is 1. The lowest BCUT2D eigenvalue weighted by Gasteiger charge is -2.18. The van der Waals surface area contributed by atoms with Crippen LogP contribution >= 0.6 is 11.6 Å². The molecule has 8 heteroatoms. The highest BCUT2D eigenvalue weighted by molar-refractivity contribution is 7.89. The molecular formula is C12H18ClN3O3S. The Labute approximate surface area is 123 Å². The van der Waals surface area contributed by atoms with Gasteiger partial charge in [-0.1, -0.05) is 11.6 Å². The topological polar surface area (TPSA) is 92.5 Å². The number of amides is 1. The third-order valence-electron chi connectivity index (χ3n) is 2.48. The number of nitrogens with zero attached hydrogens (tertiary/aromatic N) is 1. The summed E-state index contributed by atoms with van der Waals surface area (Å²) in [7, 11) is -2.51. The van der Waals surface area contributed by atoms with E-state index in [1.165, 1.54) is 25.2 Å². The van der Waals surface area contributed by atoms with Crippen molar-refractivity contribution in [2.45, 2.75) is 24.8 Å². The van der Waals surface area contributed by atoms with Crippen LogP contribution in [0.15, 0.2) is 23.1 Å². The van der Waals surface area contributed by atoms with Crippen LogP contribution in [0, 0.1) is 0 Å². The van der Waals surface area contributed by atoms with Crippen LogP contribution in [-0.2, 0) is 14.8 Å². The summed E-state index contributed by atoms with van der Waals surface area (Å²) in [5, 5.41) is 2.97. The number of likely N-dealkylation sites (N-methyl/N-ethyl adjacent to an activating group) is 1. The van der Waals surface area contributed by atoms with Gasteiger partial charge < -0.3 is 11.1 Å². The molecule has 0 aliphatic heterocycles. The van der Waals surface area contributed by atoms with E-state index in [-0.39, 0.29) is 29.1 Å². The second kappa shape index (κ2) is 6.43. The molecule has 0 bridgehead atoms. The highest BCUT2D eigenvalue weighted by Crippen LogP contribution is 2.24. The van der Waals surface area contributed by atoms with E-state index in [1.54, 1.807) is 13.8 Å². The molecule has 0 aliphatic rings. The Kier molecular flexibility index (Phi) is 5.38. The van der Waals surface area contributed by atoms with Gasteiger partial charge in [0, 0.05) is 18.1 Å². The van der Waals surface area contributed by atoms with Crippen LogP contribution in [0.5, 0.6) is 0 Å². The van der Waals surface area contributed by atoms with Crippen LogP contribution in [0.25, 0.3) is 0 Å². The summed E-state index contributed by atoms with van der Waals surface area (Å²) >= 11 is 5.74. The molecule has 0 aromatic heterocycles. The molecular weight excluding hydrogens is 302 g/mol. The number of halogens is 1. The summed E-state index contributed by atoms with van der Waals surface area (Å²) in [5.74, 6) is -0.376. The molecule has 3 N–H and O–H groups in total. The van der Waals surface area contributed by atoms with Crippen LogP contribution in [-0.4, -0.2) is 38.3 Å². The molecule has 1 rings (SSSR count). The predicted octanol–water partition coefficient (Wildman–Crippen LogP) is 1.07. The van der Waals surface area contributed by atoms with Gasteiger partial charge >= 0.3 is 0 Å². The minimum atomic E-state index is -3.83. The minimum Gasteiger partial charge on any atom is -0.398 e. The zero-order valence-corrected chi connectivity index (χ0v) is 13.1. The lowest BCUT2D eigenvalue weighted by atomic mass is 10.3. The highest BCUT2D eigenvalue weighted by atomic mass is 35.5. The summed E-state index contributed by atoms with van der Waals surface area (Å²) in [6.07, 6.45) is 0. The number of hydrogen-bond donors (Lipinski definition) is 2. The summed E-state index contributed by atoms with van der Waals surface area (Å²) in [5.41, 5.74) is 5.72. The first kappa shape index (κ1) is 16.7. The molecule has 0 fully saturated rings. The van der Waals surface area contributed by atoms with Crippen molar-refractivity contribution in [1.82, 2.24) is 9.62 Å². The Morgan fingerprint density at radius 1 is 1.45 bits per heavy atom. The van der Waals surface area contributed by atoms with Crippen LogP contribution in [0.2, 0.25) is 5.02 Å². The van der Waals surface area contributed by atoms with E-state index in [0.717, 1.165) is 4.31 Å². The van der Waals surface area contributed by atoms with Gasteiger partial charge in [0.15, 0.2) is 0 Å². The Morgan fingerprint density at radius 3 is 2.55 bits per heavy atom. The third-order valence-corrected chi connectivity index (χ3v) is 4.59. The number of nitrogens with two attached hydrogens (primary N) is 1. The predicted molar refractivity (Wildman–Crippen MR) is 79.0 cm³/mol. The SMILES string of the molecule is CC(C)NC(=O)CN(C)S(=O)(=O)c1ccc(Cl)cc1N. The van der Waals surface area contributed by atoms with Crippen LogP contribution < -0.4 is 11.1 Å². The van der Waals surface area contributed by atoms with Gasteiger partial charge in [-0.3, -0.25) is 4.79 Å². The van der Waals surface area contributed by atoms with E-state index >= 15 is 0 Å². The second-order valence-corrected chi connectivity index (χ2v) is 7.12. The smallest absolute Gasteiger partial charge is 0.245 e. The monoisotopic (exact) mass is 319 g/mol. The molecule has 0 spiro atoms. The normalized spacial score (nSPS) is 11.9. The molecule has 20 heavy (non-hydrogen) atoms. The molecule has 0 radical (unpaired) electrons. The number of nitrogen functional groups attached to an aromatic ring is 1. The molecule has 112 valence electrons. The number of rotatable bonds is 5. The van der Waals surface area contributed by atoms with Crippen LogP contribution in [0.4, 0.5) is 5.69 Å². The number of nitrogens with one attached hydrogen (secondary N) is 1. The van der Waals surface area contributed by atoms with Crippen molar-refractivity contribution in [2.24, 2.45) is 0 Å². The fraction of sp³-hybridized carbons (Fsp3) is 0.417.